The van der Waals surface area contributed by atoms with Crippen LogP contribution in [0.2, 0.25) is 0 Å². The molecule has 0 spiro atoms. The number of carbonyl (C=O) groups is 1. The van der Waals surface area contributed by atoms with Gasteiger partial charge >= 0.3 is 0 Å². The first-order chi connectivity index (χ1) is 8.17. The maximum atomic E-state index is 11.7. The Balaban J connectivity index is 2.63. The number of benzene rings is 1. The van der Waals surface area contributed by atoms with Crippen LogP contribution in [0.3, 0.4) is 0 Å². The minimum atomic E-state index is 0.0228. The molecule has 17 heavy (non-hydrogen) atoms. The lowest BCUT2D eigenvalue weighted by Gasteiger charge is -2.15. The summed E-state index contributed by atoms with van der Waals surface area (Å²) in [5, 5.41) is 0. The van der Waals surface area contributed by atoms with Gasteiger partial charge in [-0.1, -0.05) is 25.1 Å². The molecule has 0 aliphatic rings. The largest absolute Gasteiger partial charge is 0.497 e. The van der Waals surface area contributed by atoms with Crippen LogP contribution in [-0.2, 0) is 11.3 Å². The molecule has 3 heteroatoms. The van der Waals surface area contributed by atoms with Crippen LogP contribution in [0, 0.1) is 0 Å². The van der Waals surface area contributed by atoms with Crippen molar-refractivity contribution >= 4 is 5.91 Å². The van der Waals surface area contributed by atoms with E-state index in [1.807, 2.05) is 37.3 Å². The van der Waals surface area contributed by atoms with Crippen molar-refractivity contribution in [3.8, 4) is 5.75 Å². The number of carbonyl (C=O) groups excluding carboxylic acids is 1. The molecule has 0 saturated heterocycles. The minimum Gasteiger partial charge on any atom is -0.497 e. The number of ether oxygens (including phenoxy) is 1. The van der Waals surface area contributed by atoms with Crippen LogP contribution in [0.1, 0.15) is 18.9 Å². The zero-order valence-electron chi connectivity index (χ0n) is 10.6. The summed E-state index contributed by atoms with van der Waals surface area (Å²) in [6, 6.07) is 7.74. The highest BCUT2D eigenvalue weighted by Gasteiger charge is 2.05. The van der Waals surface area contributed by atoms with Crippen LogP contribution in [-0.4, -0.2) is 25.0 Å². The molecule has 1 aromatic carbocycles. The fourth-order valence-electron chi connectivity index (χ4n) is 1.47. The van der Waals surface area contributed by atoms with Gasteiger partial charge in [0, 0.05) is 13.6 Å². The molecule has 3 nitrogen and oxygen atoms in total. The number of rotatable bonds is 5. The summed E-state index contributed by atoms with van der Waals surface area (Å²) in [6.45, 7) is 2.59. The first kappa shape index (κ1) is 13.3. The topological polar surface area (TPSA) is 29.5 Å². The lowest BCUT2D eigenvalue weighted by molar-refractivity contribution is -0.125. The summed E-state index contributed by atoms with van der Waals surface area (Å²) in [6.07, 6.45) is 4.35. The van der Waals surface area contributed by atoms with Crippen LogP contribution in [0.25, 0.3) is 0 Å². The van der Waals surface area contributed by atoms with E-state index in [9.17, 15) is 4.79 Å². The number of methoxy groups -OCH3 is 1. The SMILES string of the molecule is CCC=CC(=O)N(C)Cc1cccc(OC)c1. The standard InChI is InChI=1S/C14H19NO2/c1-4-5-9-14(16)15(2)11-12-7-6-8-13(10-12)17-3/h5-10H,4,11H2,1-3H3. The van der Waals surface area contributed by atoms with Crippen molar-refractivity contribution in [1.29, 1.82) is 0 Å². The third kappa shape index (κ3) is 4.31. The summed E-state index contributed by atoms with van der Waals surface area (Å²) in [4.78, 5) is 13.4. The van der Waals surface area contributed by atoms with Crippen LogP contribution in [0.15, 0.2) is 36.4 Å². The first-order valence-electron chi connectivity index (χ1n) is 5.72. The molecule has 1 rings (SSSR count). The fourth-order valence-corrected chi connectivity index (χ4v) is 1.47. The Morgan fingerprint density at radius 1 is 1.47 bits per heavy atom. The van der Waals surface area contributed by atoms with E-state index < -0.39 is 0 Å². The maximum absolute atomic E-state index is 11.7. The second-order valence-electron chi connectivity index (χ2n) is 3.86. The van der Waals surface area contributed by atoms with Crippen molar-refractivity contribution in [2.45, 2.75) is 19.9 Å². The summed E-state index contributed by atoms with van der Waals surface area (Å²) in [7, 11) is 3.43. The minimum absolute atomic E-state index is 0.0228. The van der Waals surface area contributed by atoms with Gasteiger partial charge in [0.1, 0.15) is 5.75 Å². The molecule has 0 atom stereocenters. The van der Waals surface area contributed by atoms with Crippen molar-refractivity contribution < 1.29 is 9.53 Å². The van der Waals surface area contributed by atoms with Crippen LogP contribution < -0.4 is 4.74 Å². The third-order valence-electron chi connectivity index (χ3n) is 2.43. The van der Waals surface area contributed by atoms with E-state index in [1.54, 1.807) is 25.1 Å². The lowest BCUT2D eigenvalue weighted by Crippen LogP contribution is -2.24. The summed E-state index contributed by atoms with van der Waals surface area (Å²) in [5.41, 5.74) is 1.06. The fraction of sp³-hybridized carbons (Fsp3) is 0.357. The zero-order chi connectivity index (χ0) is 12.7. The molecule has 0 bridgehead atoms. The molecule has 0 saturated carbocycles. The van der Waals surface area contributed by atoms with Crippen LogP contribution in [0.4, 0.5) is 0 Å². The molecule has 0 radical (unpaired) electrons. The van der Waals surface area contributed by atoms with E-state index in [0.29, 0.717) is 6.54 Å². The van der Waals surface area contributed by atoms with Crippen molar-refractivity contribution in [3.63, 3.8) is 0 Å². The van der Waals surface area contributed by atoms with Gasteiger partial charge in [0.25, 0.3) is 0 Å². The number of nitrogens with zero attached hydrogens (tertiary/aromatic N) is 1. The van der Waals surface area contributed by atoms with Crippen molar-refractivity contribution in [1.82, 2.24) is 4.90 Å². The van der Waals surface area contributed by atoms with Crippen LogP contribution in [0.5, 0.6) is 5.75 Å². The van der Waals surface area contributed by atoms with Gasteiger partial charge in [0.15, 0.2) is 0 Å². The molecule has 0 unspecified atom stereocenters. The Bertz CT molecular complexity index is 399. The highest BCUT2D eigenvalue weighted by molar-refractivity contribution is 5.87. The Kier molecular flexibility index (Phi) is 5.27. The van der Waals surface area contributed by atoms with E-state index in [0.717, 1.165) is 17.7 Å². The van der Waals surface area contributed by atoms with Crippen molar-refractivity contribution in [2.24, 2.45) is 0 Å². The predicted octanol–water partition coefficient (Wildman–Crippen LogP) is 2.62. The van der Waals surface area contributed by atoms with Gasteiger partial charge in [-0.3, -0.25) is 4.79 Å². The smallest absolute Gasteiger partial charge is 0.246 e. The second kappa shape index (κ2) is 6.74. The predicted molar refractivity (Wildman–Crippen MR) is 68.9 cm³/mol. The Labute approximate surface area is 103 Å². The van der Waals surface area contributed by atoms with Crippen LogP contribution >= 0.6 is 0 Å². The number of likely N-dealkylation sites (N-methyl/N-ethyl adjacent to an activating group) is 1. The molecule has 0 aliphatic carbocycles. The zero-order valence-corrected chi connectivity index (χ0v) is 10.6. The Morgan fingerprint density at radius 2 is 2.24 bits per heavy atom. The van der Waals surface area contributed by atoms with E-state index in [4.69, 9.17) is 4.74 Å². The van der Waals surface area contributed by atoms with Gasteiger partial charge in [0.2, 0.25) is 5.91 Å². The van der Waals surface area contributed by atoms with Crippen molar-refractivity contribution in [3.05, 3.63) is 42.0 Å². The Morgan fingerprint density at radius 3 is 2.88 bits per heavy atom. The average molecular weight is 233 g/mol. The lowest BCUT2D eigenvalue weighted by atomic mass is 10.2. The first-order valence-corrected chi connectivity index (χ1v) is 5.72. The quantitative estimate of drug-likeness (QED) is 0.732. The van der Waals surface area contributed by atoms with E-state index in [1.165, 1.54) is 0 Å². The molecule has 1 aromatic rings. The average Bonchev–Trinajstić information content (AvgIpc) is 2.36. The highest BCUT2D eigenvalue weighted by atomic mass is 16.5. The van der Waals surface area contributed by atoms with E-state index >= 15 is 0 Å². The molecule has 1 amide bonds. The molecular formula is C14H19NO2. The number of hydrogen-bond donors (Lipinski definition) is 0. The molecule has 0 aliphatic heterocycles. The Hall–Kier alpha value is -1.77. The molecule has 0 N–H and O–H groups in total. The number of amides is 1. The summed E-state index contributed by atoms with van der Waals surface area (Å²) in [5.74, 6) is 0.835. The third-order valence-corrected chi connectivity index (χ3v) is 2.43. The van der Waals surface area contributed by atoms with Gasteiger partial charge in [-0.2, -0.15) is 0 Å². The molecule has 92 valence electrons. The van der Waals surface area contributed by atoms with Gasteiger partial charge in [-0.05, 0) is 30.2 Å². The monoisotopic (exact) mass is 233 g/mol. The van der Waals surface area contributed by atoms with Gasteiger partial charge in [0.05, 0.1) is 7.11 Å². The summed E-state index contributed by atoms with van der Waals surface area (Å²) >= 11 is 0. The van der Waals surface area contributed by atoms with Crippen molar-refractivity contribution in [2.75, 3.05) is 14.2 Å². The van der Waals surface area contributed by atoms with Gasteiger partial charge < -0.3 is 9.64 Å². The number of allylic oxidation sites excluding steroid dienone is 1. The van der Waals surface area contributed by atoms with E-state index in [2.05, 4.69) is 0 Å². The van der Waals surface area contributed by atoms with E-state index in [-0.39, 0.29) is 5.91 Å². The second-order valence-corrected chi connectivity index (χ2v) is 3.86. The van der Waals surface area contributed by atoms with Gasteiger partial charge in [-0.25, -0.2) is 0 Å². The normalized spacial score (nSPS) is 10.5. The molecule has 0 fully saturated rings. The maximum Gasteiger partial charge on any atom is 0.246 e. The molecule has 0 heterocycles. The molecule has 0 aromatic heterocycles. The molecular weight excluding hydrogens is 214 g/mol. The highest BCUT2D eigenvalue weighted by Crippen LogP contribution is 2.13. The van der Waals surface area contributed by atoms with Gasteiger partial charge in [-0.15, -0.1) is 0 Å². The summed E-state index contributed by atoms with van der Waals surface area (Å²) < 4.78 is 5.14. The number of hydrogen-bond acceptors (Lipinski definition) is 2.